The van der Waals surface area contributed by atoms with Crippen LogP contribution >= 0.6 is 23.2 Å². The number of hydrogen-bond acceptors (Lipinski definition) is 1. The Labute approximate surface area is 80.6 Å². The lowest BCUT2D eigenvalue weighted by molar-refractivity contribution is -0.103. The number of benzene rings is 1. The van der Waals surface area contributed by atoms with E-state index < -0.39 is 0 Å². The molecule has 0 aliphatic carbocycles. The SMILES string of the molecule is O=C/C(=C\Cl)c1ccc(Cl)cc1. The van der Waals surface area contributed by atoms with Crippen molar-refractivity contribution in [3.63, 3.8) is 0 Å². The number of carbonyl (C=O) groups excluding carboxylic acids is 1. The highest BCUT2D eigenvalue weighted by Crippen LogP contribution is 2.16. The van der Waals surface area contributed by atoms with Gasteiger partial charge in [0.2, 0.25) is 0 Å². The van der Waals surface area contributed by atoms with Gasteiger partial charge in [-0.3, -0.25) is 4.79 Å². The lowest BCUT2D eigenvalue weighted by Gasteiger charge is -1.97. The molecule has 3 heteroatoms. The first kappa shape index (κ1) is 9.30. The number of rotatable bonds is 2. The molecule has 0 radical (unpaired) electrons. The predicted octanol–water partition coefficient (Wildman–Crippen LogP) is 3.12. The molecule has 12 heavy (non-hydrogen) atoms. The molecule has 1 aromatic carbocycles. The van der Waals surface area contributed by atoms with Gasteiger partial charge in [0.05, 0.1) is 0 Å². The van der Waals surface area contributed by atoms with Crippen LogP contribution in [-0.2, 0) is 4.79 Å². The molecule has 0 atom stereocenters. The Hall–Kier alpha value is -0.790. The molecule has 1 aromatic rings. The normalized spacial score (nSPS) is 11.3. The maximum Gasteiger partial charge on any atom is 0.151 e. The van der Waals surface area contributed by atoms with Crippen molar-refractivity contribution >= 4 is 35.1 Å². The summed E-state index contributed by atoms with van der Waals surface area (Å²) in [7, 11) is 0. The largest absolute Gasteiger partial charge is 0.298 e. The van der Waals surface area contributed by atoms with Crippen molar-refractivity contribution in [1.29, 1.82) is 0 Å². The summed E-state index contributed by atoms with van der Waals surface area (Å²) in [6.45, 7) is 0. The van der Waals surface area contributed by atoms with Crippen molar-refractivity contribution in [3.05, 3.63) is 40.4 Å². The molecule has 0 fully saturated rings. The standard InChI is InChI=1S/C9H6Cl2O/c10-5-8(6-12)7-1-3-9(11)4-2-7/h1-6H/b8-5+. The first-order valence-corrected chi connectivity index (χ1v) is 4.11. The van der Waals surface area contributed by atoms with Crippen LogP contribution in [0.3, 0.4) is 0 Å². The van der Waals surface area contributed by atoms with Crippen LogP contribution in [-0.4, -0.2) is 6.29 Å². The summed E-state index contributed by atoms with van der Waals surface area (Å²) in [5.41, 5.74) is 2.47. The summed E-state index contributed by atoms with van der Waals surface area (Å²) in [6, 6.07) is 6.90. The molecule has 1 nitrogen and oxygen atoms in total. The lowest BCUT2D eigenvalue weighted by Crippen LogP contribution is -1.83. The van der Waals surface area contributed by atoms with Crippen LogP contribution in [0.1, 0.15) is 5.56 Å². The first-order chi connectivity index (χ1) is 5.77. The number of hydrogen-bond donors (Lipinski definition) is 0. The van der Waals surface area contributed by atoms with Crippen LogP contribution in [0.15, 0.2) is 29.8 Å². The minimum Gasteiger partial charge on any atom is -0.298 e. The molecule has 0 aliphatic rings. The minimum atomic E-state index is 0.452. The first-order valence-electron chi connectivity index (χ1n) is 3.29. The van der Waals surface area contributed by atoms with Crippen molar-refractivity contribution in [2.75, 3.05) is 0 Å². The van der Waals surface area contributed by atoms with Crippen molar-refractivity contribution < 1.29 is 4.79 Å². The lowest BCUT2D eigenvalue weighted by atomic mass is 10.1. The van der Waals surface area contributed by atoms with Gasteiger partial charge in [0.1, 0.15) is 0 Å². The molecule has 0 aliphatic heterocycles. The molecule has 0 saturated heterocycles. The summed E-state index contributed by atoms with van der Waals surface area (Å²) in [6.07, 6.45) is 0.705. The zero-order valence-electron chi connectivity index (χ0n) is 6.13. The zero-order valence-corrected chi connectivity index (χ0v) is 7.64. The molecule has 0 amide bonds. The highest BCUT2D eigenvalue weighted by atomic mass is 35.5. The van der Waals surface area contributed by atoms with Crippen molar-refractivity contribution in [2.45, 2.75) is 0 Å². The molecule has 0 saturated carbocycles. The van der Waals surface area contributed by atoms with Gasteiger partial charge in [0.15, 0.2) is 6.29 Å². The van der Waals surface area contributed by atoms with Crippen molar-refractivity contribution in [1.82, 2.24) is 0 Å². The van der Waals surface area contributed by atoms with Crippen LogP contribution in [0, 0.1) is 0 Å². The van der Waals surface area contributed by atoms with E-state index in [1.165, 1.54) is 5.54 Å². The quantitative estimate of drug-likeness (QED) is 0.530. The Morgan fingerprint density at radius 3 is 2.25 bits per heavy atom. The summed E-state index contributed by atoms with van der Waals surface area (Å²) < 4.78 is 0. The molecule has 0 bridgehead atoms. The second-order valence-electron chi connectivity index (χ2n) is 2.19. The van der Waals surface area contributed by atoms with E-state index in [2.05, 4.69) is 0 Å². The summed E-state index contributed by atoms with van der Waals surface area (Å²) in [4.78, 5) is 10.4. The second kappa shape index (κ2) is 4.29. The molecule has 0 N–H and O–H groups in total. The van der Waals surface area contributed by atoms with E-state index in [4.69, 9.17) is 23.2 Å². The monoisotopic (exact) mass is 200 g/mol. The molecular formula is C9H6Cl2O. The van der Waals surface area contributed by atoms with Crippen LogP contribution in [0.25, 0.3) is 5.57 Å². The smallest absolute Gasteiger partial charge is 0.151 e. The summed E-state index contributed by atoms with van der Waals surface area (Å²) >= 11 is 11.1. The minimum absolute atomic E-state index is 0.452. The van der Waals surface area contributed by atoms with E-state index in [1.54, 1.807) is 24.3 Å². The maximum atomic E-state index is 10.4. The van der Waals surface area contributed by atoms with E-state index in [1.807, 2.05) is 0 Å². The van der Waals surface area contributed by atoms with Crippen LogP contribution < -0.4 is 0 Å². The van der Waals surface area contributed by atoms with Crippen LogP contribution in [0.2, 0.25) is 5.02 Å². The highest BCUT2D eigenvalue weighted by Gasteiger charge is 1.97. The highest BCUT2D eigenvalue weighted by molar-refractivity contribution is 6.32. The van der Waals surface area contributed by atoms with Crippen LogP contribution in [0.5, 0.6) is 0 Å². The van der Waals surface area contributed by atoms with E-state index >= 15 is 0 Å². The zero-order chi connectivity index (χ0) is 8.97. The van der Waals surface area contributed by atoms with Gasteiger partial charge in [-0.05, 0) is 17.7 Å². The third-order valence-electron chi connectivity index (χ3n) is 1.42. The number of halogens is 2. The van der Waals surface area contributed by atoms with Gasteiger partial charge in [-0.15, -0.1) is 0 Å². The number of carbonyl (C=O) groups is 1. The Bertz CT molecular complexity index is 301. The molecule has 1 rings (SSSR count). The average Bonchev–Trinajstić information content (AvgIpc) is 2.10. The third kappa shape index (κ3) is 2.10. The van der Waals surface area contributed by atoms with Gasteiger partial charge in [-0.2, -0.15) is 0 Å². The van der Waals surface area contributed by atoms with E-state index in [-0.39, 0.29) is 0 Å². The number of aldehydes is 1. The molecule has 0 spiro atoms. The van der Waals surface area contributed by atoms with Crippen molar-refractivity contribution in [3.8, 4) is 0 Å². The Balaban J connectivity index is 3.04. The molecule has 0 unspecified atom stereocenters. The van der Waals surface area contributed by atoms with Gasteiger partial charge < -0.3 is 0 Å². The van der Waals surface area contributed by atoms with Gasteiger partial charge in [0, 0.05) is 16.1 Å². The van der Waals surface area contributed by atoms with E-state index in [9.17, 15) is 4.79 Å². The maximum absolute atomic E-state index is 10.4. The average molecular weight is 201 g/mol. The fourth-order valence-electron chi connectivity index (χ4n) is 0.799. The third-order valence-corrected chi connectivity index (χ3v) is 1.91. The molecular weight excluding hydrogens is 195 g/mol. The fourth-order valence-corrected chi connectivity index (χ4v) is 1.10. The molecule has 0 aromatic heterocycles. The molecule has 0 heterocycles. The topological polar surface area (TPSA) is 17.1 Å². The predicted molar refractivity (Wildman–Crippen MR) is 51.3 cm³/mol. The number of allylic oxidation sites excluding steroid dienone is 1. The van der Waals surface area contributed by atoms with Gasteiger partial charge in [-0.25, -0.2) is 0 Å². The van der Waals surface area contributed by atoms with Gasteiger partial charge >= 0.3 is 0 Å². The summed E-state index contributed by atoms with van der Waals surface area (Å²) in [5, 5.41) is 0.638. The van der Waals surface area contributed by atoms with Gasteiger partial charge in [-0.1, -0.05) is 35.3 Å². The Morgan fingerprint density at radius 2 is 1.83 bits per heavy atom. The second-order valence-corrected chi connectivity index (χ2v) is 2.84. The van der Waals surface area contributed by atoms with Crippen LogP contribution in [0.4, 0.5) is 0 Å². The van der Waals surface area contributed by atoms with E-state index in [0.29, 0.717) is 16.9 Å². The van der Waals surface area contributed by atoms with Gasteiger partial charge in [0.25, 0.3) is 0 Å². The Morgan fingerprint density at radius 1 is 1.25 bits per heavy atom. The Kier molecular flexibility index (Phi) is 3.32. The van der Waals surface area contributed by atoms with Crippen molar-refractivity contribution in [2.24, 2.45) is 0 Å². The van der Waals surface area contributed by atoms with E-state index in [0.717, 1.165) is 5.56 Å². The summed E-state index contributed by atoms with van der Waals surface area (Å²) in [5.74, 6) is 0. The fraction of sp³-hybridized carbons (Fsp3) is 0. The molecule has 62 valence electrons.